The normalized spacial score (nSPS) is 25.4. The maximum absolute atomic E-state index is 4.40. The second-order valence-corrected chi connectivity index (χ2v) is 5.95. The summed E-state index contributed by atoms with van der Waals surface area (Å²) >= 11 is 0. The van der Waals surface area contributed by atoms with Crippen LogP contribution < -0.4 is 5.32 Å². The second-order valence-electron chi connectivity index (χ2n) is 5.95. The monoisotopic (exact) mass is 275 g/mol. The van der Waals surface area contributed by atoms with Crippen molar-refractivity contribution in [3.63, 3.8) is 0 Å². The summed E-state index contributed by atoms with van der Waals surface area (Å²) in [7, 11) is 4.18. The highest BCUT2D eigenvalue weighted by molar-refractivity contribution is 5.42. The minimum Gasteiger partial charge on any atom is -0.373 e. The van der Waals surface area contributed by atoms with Crippen molar-refractivity contribution in [1.29, 1.82) is 0 Å². The Labute approximate surface area is 121 Å². The lowest BCUT2D eigenvalue weighted by Gasteiger charge is -2.46. The molecule has 1 atom stereocenters. The quantitative estimate of drug-likeness (QED) is 0.872. The number of rotatable bonds is 3. The molecule has 0 aliphatic carbocycles. The first-order chi connectivity index (χ1) is 9.76. The topological polar surface area (TPSA) is 34.6 Å². The summed E-state index contributed by atoms with van der Waals surface area (Å²) in [6.45, 7) is 8.17. The van der Waals surface area contributed by atoms with Gasteiger partial charge in [-0.1, -0.05) is 6.07 Å². The minimum atomic E-state index is 0.692. The molecule has 1 N–H and O–H groups in total. The van der Waals surface area contributed by atoms with Gasteiger partial charge in [-0.15, -0.1) is 0 Å². The van der Waals surface area contributed by atoms with Gasteiger partial charge in [-0.2, -0.15) is 0 Å². The fourth-order valence-electron chi connectivity index (χ4n) is 3.35. The summed E-state index contributed by atoms with van der Waals surface area (Å²) < 4.78 is 0. The van der Waals surface area contributed by atoms with Crippen LogP contribution in [0.5, 0.6) is 0 Å². The van der Waals surface area contributed by atoms with Crippen LogP contribution in [0.15, 0.2) is 18.3 Å². The highest BCUT2D eigenvalue weighted by atomic mass is 15.3. The Bertz CT molecular complexity index is 450. The molecule has 3 heterocycles. The number of piperazine rings is 2. The third-order valence-electron chi connectivity index (χ3n) is 4.50. The molecular weight excluding hydrogens is 250 g/mol. The Morgan fingerprint density at radius 1 is 1.25 bits per heavy atom. The van der Waals surface area contributed by atoms with E-state index in [1.807, 2.05) is 19.3 Å². The molecule has 2 saturated heterocycles. The van der Waals surface area contributed by atoms with Gasteiger partial charge in [-0.05, 0) is 13.1 Å². The van der Waals surface area contributed by atoms with Gasteiger partial charge < -0.3 is 10.2 Å². The van der Waals surface area contributed by atoms with Crippen molar-refractivity contribution in [1.82, 2.24) is 19.7 Å². The van der Waals surface area contributed by atoms with E-state index in [2.05, 4.69) is 38.1 Å². The fourth-order valence-corrected chi connectivity index (χ4v) is 3.35. The zero-order valence-electron chi connectivity index (χ0n) is 12.5. The highest BCUT2D eigenvalue weighted by Gasteiger charge is 2.30. The molecule has 0 radical (unpaired) electrons. The summed E-state index contributed by atoms with van der Waals surface area (Å²) in [5.41, 5.74) is 1.30. The SMILES string of the molecule is CNc1ncccc1CN1CCN2CCN(C)C[C@H]2C1. The largest absolute Gasteiger partial charge is 0.373 e. The molecule has 5 heteroatoms. The summed E-state index contributed by atoms with van der Waals surface area (Å²) in [6, 6.07) is 4.90. The van der Waals surface area contributed by atoms with Crippen LogP contribution in [0.1, 0.15) is 5.56 Å². The van der Waals surface area contributed by atoms with E-state index in [-0.39, 0.29) is 0 Å². The number of likely N-dealkylation sites (N-methyl/N-ethyl adjacent to an activating group) is 1. The number of nitrogens with one attached hydrogen (secondary N) is 1. The molecule has 20 heavy (non-hydrogen) atoms. The van der Waals surface area contributed by atoms with E-state index in [9.17, 15) is 0 Å². The van der Waals surface area contributed by atoms with Gasteiger partial charge in [-0.3, -0.25) is 9.80 Å². The molecule has 5 nitrogen and oxygen atoms in total. The average Bonchev–Trinajstić information content (AvgIpc) is 2.47. The molecule has 3 rings (SSSR count). The smallest absolute Gasteiger partial charge is 0.130 e. The van der Waals surface area contributed by atoms with Gasteiger partial charge in [0.25, 0.3) is 0 Å². The van der Waals surface area contributed by atoms with Gasteiger partial charge in [0.1, 0.15) is 5.82 Å². The van der Waals surface area contributed by atoms with Gasteiger partial charge in [0.15, 0.2) is 0 Å². The van der Waals surface area contributed by atoms with E-state index < -0.39 is 0 Å². The van der Waals surface area contributed by atoms with Crippen LogP contribution in [0.4, 0.5) is 5.82 Å². The van der Waals surface area contributed by atoms with E-state index in [0.717, 1.165) is 18.9 Å². The van der Waals surface area contributed by atoms with Gasteiger partial charge >= 0.3 is 0 Å². The molecule has 0 unspecified atom stereocenters. The van der Waals surface area contributed by atoms with Crippen molar-refractivity contribution in [2.75, 3.05) is 58.7 Å². The number of nitrogens with zero attached hydrogens (tertiary/aromatic N) is 4. The van der Waals surface area contributed by atoms with E-state index in [4.69, 9.17) is 0 Å². The molecule has 110 valence electrons. The first-order valence-corrected chi connectivity index (χ1v) is 7.53. The zero-order chi connectivity index (χ0) is 13.9. The average molecular weight is 275 g/mol. The molecule has 1 aromatic heterocycles. The van der Waals surface area contributed by atoms with Gasteiger partial charge in [0, 0.05) is 70.7 Å². The number of anilines is 1. The summed E-state index contributed by atoms with van der Waals surface area (Å²) in [4.78, 5) is 12.1. The molecule has 0 spiro atoms. The Morgan fingerprint density at radius 3 is 2.95 bits per heavy atom. The maximum atomic E-state index is 4.40. The fraction of sp³-hybridized carbons (Fsp3) is 0.667. The van der Waals surface area contributed by atoms with Crippen LogP contribution in [-0.2, 0) is 6.54 Å². The van der Waals surface area contributed by atoms with Crippen LogP contribution in [0, 0.1) is 0 Å². The first kappa shape index (κ1) is 13.8. The number of hydrogen-bond donors (Lipinski definition) is 1. The van der Waals surface area contributed by atoms with Crippen LogP contribution in [0.25, 0.3) is 0 Å². The number of fused-ring (bicyclic) bond motifs is 1. The third kappa shape index (κ3) is 2.95. The van der Waals surface area contributed by atoms with Crippen molar-refractivity contribution in [2.45, 2.75) is 12.6 Å². The van der Waals surface area contributed by atoms with Gasteiger partial charge in [0.2, 0.25) is 0 Å². The molecule has 2 aliphatic heterocycles. The van der Waals surface area contributed by atoms with Crippen LogP contribution in [0.3, 0.4) is 0 Å². The molecule has 0 aromatic carbocycles. The molecule has 1 aromatic rings. The van der Waals surface area contributed by atoms with Gasteiger partial charge in [0.05, 0.1) is 0 Å². The lowest BCUT2D eigenvalue weighted by Crippen LogP contribution is -2.61. The van der Waals surface area contributed by atoms with Crippen molar-refractivity contribution in [3.05, 3.63) is 23.9 Å². The number of aromatic nitrogens is 1. The van der Waals surface area contributed by atoms with E-state index in [1.54, 1.807) is 0 Å². The lowest BCUT2D eigenvalue weighted by molar-refractivity contribution is 0.0176. The molecule has 0 saturated carbocycles. The van der Waals surface area contributed by atoms with Crippen molar-refractivity contribution >= 4 is 5.82 Å². The van der Waals surface area contributed by atoms with Crippen LogP contribution in [0.2, 0.25) is 0 Å². The predicted molar refractivity (Wildman–Crippen MR) is 81.9 cm³/mol. The summed E-state index contributed by atoms with van der Waals surface area (Å²) in [5.74, 6) is 1.01. The zero-order valence-corrected chi connectivity index (χ0v) is 12.5. The Kier molecular flexibility index (Phi) is 4.19. The molecular formula is C15H25N5. The molecule has 0 bridgehead atoms. The Balaban J connectivity index is 1.64. The van der Waals surface area contributed by atoms with Gasteiger partial charge in [-0.25, -0.2) is 4.98 Å². The van der Waals surface area contributed by atoms with Crippen molar-refractivity contribution < 1.29 is 0 Å². The predicted octanol–water partition coefficient (Wildman–Crippen LogP) is 0.555. The number of hydrogen-bond acceptors (Lipinski definition) is 5. The maximum Gasteiger partial charge on any atom is 0.130 e. The number of pyridine rings is 1. The van der Waals surface area contributed by atoms with Crippen molar-refractivity contribution in [3.8, 4) is 0 Å². The summed E-state index contributed by atoms with van der Waals surface area (Å²) in [6.07, 6.45) is 1.85. The Hall–Kier alpha value is -1.17. The van der Waals surface area contributed by atoms with Crippen LogP contribution in [-0.4, -0.2) is 79.1 Å². The van der Waals surface area contributed by atoms with E-state index in [1.165, 1.54) is 38.3 Å². The van der Waals surface area contributed by atoms with Crippen LogP contribution >= 0.6 is 0 Å². The standard InChI is InChI=1S/C15H25N5/c1-16-15-13(4-3-5-17-15)10-19-7-9-20-8-6-18(2)11-14(20)12-19/h3-5,14H,6-12H2,1-2H3,(H,16,17)/t14-/m0/s1. The molecule has 2 aliphatic rings. The Morgan fingerprint density at radius 2 is 2.10 bits per heavy atom. The summed E-state index contributed by atoms with van der Waals surface area (Å²) in [5, 5.41) is 3.19. The van der Waals surface area contributed by atoms with E-state index >= 15 is 0 Å². The van der Waals surface area contributed by atoms with E-state index in [0.29, 0.717) is 6.04 Å². The molecule has 0 amide bonds. The second kappa shape index (κ2) is 6.08. The molecule has 2 fully saturated rings. The third-order valence-corrected chi connectivity index (χ3v) is 4.50. The lowest BCUT2D eigenvalue weighted by atomic mass is 10.1. The highest BCUT2D eigenvalue weighted by Crippen LogP contribution is 2.19. The first-order valence-electron chi connectivity index (χ1n) is 7.53. The van der Waals surface area contributed by atoms with Crippen molar-refractivity contribution in [2.24, 2.45) is 0 Å². The minimum absolute atomic E-state index is 0.692.